The van der Waals surface area contributed by atoms with E-state index in [1.165, 1.54) is 24.0 Å². The molecule has 1 aliphatic rings. The molecule has 6 heteroatoms. The molecule has 2 heterocycles. The molecule has 0 saturated heterocycles. The summed E-state index contributed by atoms with van der Waals surface area (Å²) in [5.74, 6) is 2.04. The van der Waals surface area contributed by atoms with Crippen molar-refractivity contribution in [3.8, 4) is 0 Å². The van der Waals surface area contributed by atoms with Gasteiger partial charge in [-0.05, 0) is 64.5 Å². The minimum Gasteiger partial charge on any atom is -0.357 e. The van der Waals surface area contributed by atoms with Crippen molar-refractivity contribution in [1.82, 2.24) is 19.9 Å². The normalized spacial score (nSPS) is 13.4. The highest BCUT2D eigenvalue weighted by Gasteiger charge is 2.16. The second kappa shape index (κ2) is 7.70. The Kier molecular flexibility index (Phi) is 5.11. The van der Waals surface area contributed by atoms with Crippen molar-refractivity contribution in [2.75, 3.05) is 23.3 Å². The molecule has 0 spiro atoms. The van der Waals surface area contributed by atoms with Gasteiger partial charge in [0.15, 0.2) is 0 Å². The molecule has 0 radical (unpaired) electrons. The summed E-state index contributed by atoms with van der Waals surface area (Å²) in [6, 6.07) is 6.43. The summed E-state index contributed by atoms with van der Waals surface area (Å²) < 4.78 is 0. The van der Waals surface area contributed by atoms with Crippen LogP contribution in [0, 0.1) is 13.8 Å². The van der Waals surface area contributed by atoms with Crippen molar-refractivity contribution in [2.24, 2.45) is 0 Å². The second-order valence-corrected chi connectivity index (χ2v) is 7.43. The van der Waals surface area contributed by atoms with Gasteiger partial charge < -0.3 is 4.90 Å². The van der Waals surface area contributed by atoms with E-state index in [1.807, 2.05) is 19.9 Å². The molecule has 3 aromatic rings. The zero-order valence-electron chi connectivity index (χ0n) is 17.2. The lowest BCUT2D eigenvalue weighted by molar-refractivity contribution is 0.689. The molecule has 146 valence electrons. The van der Waals surface area contributed by atoms with Crippen LogP contribution in [-0.4, -0.2) is 33.0 Å². The molecule has 0 unspecified atom stereocenters. The molecule has 2 aromatic heterocycles. The summed E-state index contributed by atoms with van der Waals surface area (Å²) in [7, 11) is 0. The fourth-order valence-corrected chi connectivity index (χ4v) is 4.05. The topological polar surface area (TPSA) is 66.8 Å². The van der Waals surface area contributed by atoms with Crippen molar-refractivity contribution in [2.45, 2.75) is 53.4 Å². The number of hydrogen-bond acceptors (Lipinski definition) is 6. The molecule has 1 N–H and O–H groups in total. The smallest absolute Gasteiger partial charge is 0.231 e. The number of nitrogens with zero attached hydrogens (tertiary/aromatic N) is 5. The van der Waals surface area contributed by atoms with Crippen LogP contribution in [0.1, 0.15) is 49.2 Å². The average molecular weight is 377 g/mol. The van der Waals surface area contributed by atoms with Crippen LogP contribution >= 0.6 is 0 Å². The Bertz CT molecular complexity index is 1010. The van der Waals surface area contributed by atoms with Gasteiger partial charge in [0.25, 0.3) is 0 Å². The molecule has 1 aliphatic carbocycles. The van der Waals surface area contributed by atoms with E-state index in [1.54, 1.807) is 0 Å². The van der Waals surface area contributed by atoms with Gasteiger partial charge in [0.2, 0.25) is 11.9 Å². The molecule has 28 heavy (non-hydrogen) atoms. The van der Waals surface area contributed by atoms with Gasteiger partial charge in [-0.3, -0.25) is 5.32 Å². The lowest BCUT2D eigenvalue weighted by Gasteiger charge is -2.21. The Balaban J connectivity index is 1.74. The predicted octanol–water partition coefficient (Wildman–Crippen LogP) is 4.51. The minimum atomic E-state index is 0.547. The largest absolute Gasteiger partial charge is 0.357 e. The maximum atomic E-state index is 4.87. The predicted molar refractivity (Wildman–Crippen MR) is 115 cm³/mol. The van der Waals surface area contributed by atoms with Crippen LogP contribution < -0.4 is 10.2 Å². The lowest BCUT2D eigenvalue weighted by Crippen LogP contribution is -2.23. The highest BCUT2D eigenvalue weighted by molar-refractivity contribution is 5.86. The van der Waals surface area contributed by atoms with Crippen LogP contribution in [0.2, 0.25) is 0 Å². The summed E-state index contributed by atoms with van der Waals surface area (Å²) in [5.41, 5.74) is 5.79. The lowest BCUT2D eigenvalue weighted by atomic mass is 9.89. The van der Waals surface area contributed by atoms with Crippen LogP contribution in [-0.2, 0) is 12.8 Å². The number of aromatic nitrogens is 4. The van der Waals surface area contributed by atoms with Crippen molar-refractivity contribution in [3.63, 3.8) is 0 Å². The summed E-state index contributed by atoms with van der Waals surface area (Å²) in [6.07, 6.45) is 4.73. The fraction of sp³-hybridized carbons (Fsp3) is 0.455. The molecule has 0 amide bonds. The van der Waals surface area contributed by atoms with Crippen molar-refractivity contribution < 1.29 is 0 Å². The number of nitrogens with one attached hydrogen (secondary N) is 1. The van der Waals surface area contributed by atoms with Gasteiger partial charge in [0, 0.05) is 30.2 Å². The Morgan fingerprint density at radius 2 is 1.68 bits per heavy atom. The van der Waals surface area contributed by atoms with Crippen molar-refractivity contribution in [1.29, 1.82) is 0 Å². The maximum absolute atomic E-state index is 4.87. The maximum Gasteiger partial charge on any atom is 0.231 e. The van der Waals surface area contributed by atoms with Gasteiger partial charge in [-0.2, -0.15) is 4.98 Å². The Morgan fingerprint density at radius 3 is 2.46 bits per heavy atom. The molecule has 0 atom stereocenters. The first kappa shape index (κ1) is 18.6. The first-order chi connectivity index (χ1) is 13.6. The second-order valence-electron chi connectivity index (χ2n) is 7.43. The highest BCUT2D eigenvalue weighted by atomic mass is 15.2. The monoisotopic (exact) mass is 376 g/mol. The standard InChI is InChI=1S/C22H28N6/c1-5-28(6-2)19-13-14(3)23-21(25-19)27-22-24-15(4)17-12-11-16-9-7-8-10-18(16)20(17)26-22/h11-13H,5-10H2,1-4H3,(H,23,24,25,26,27). The summed E-state index contributed by atoms with van der Waals surface area (Å²) >= 11 is 0. The van der Waals surface area contributed by atoms with E-state index >= 15 is 0 Å². The molecule has 6 nitrogen and oxygen atoms in total. The third-order valence-electron chi connectivity index (χ3n) is 5.54. The molecule has 1 aromatic carbocycles. The van der Waals surface area contributed by atoms with Crippen LogP contribution in [0.3, 0.4) is 0 Å². The molecule has 0 saturated carbocycles. The Labute approximate surface area is 166 Å². The number of fused-ring (bicyclic) bond motifs is 3. The zero-order valence-corrected chi connectivity index (χ0v) is 17.2. The summed E-state index contributed by atoms with van der Waals surface area (Å²) in [4.78, 5) is 21.0. The van der Waals surface area contributed by atoms with Gasteiger partial charge in [0.1, 0.15) is 5.82 Å². The number of hydrogen-bond donors (Lipinski definition) is 1. The van der Waals surface area contributed by atoms with Gasteiger partial charge in [-0.1, -0.05) is 12.1 Å². The van der Waals surface area contributed by atoms with E-state index < -0.39 is 0 Å². The summed E-state index contributed by atoms with van der Waals surface area (Å²) in [6.45, 7) is 10.1. The summed E-state index contributed by atoms with van der Waals surface area (Å²) in [5, 5.41) is 4.40. The van der Waals surface area contributed by atoms with Gasteiger partial charge in [0.05, 0.1) is 11.2 Å². The average Bonchev–Trinajstić information content (AvgIpc) is 2.68. The molecule has 0 fully saturated rings. The van der Waals surface area contributed by atoms with E-state index in [-0.39, 0.29) is 0 Å². The van der Waals surface area contributed by atoms with Gasteiger partial charge >= 0.3 is 0 Å². The first-order valence-electron chi connectivity index (χ1n) is 10.3. The molecule has 0 aliphatic heterocycles. The van der Waals surface area contributed by atoms with Crippen LogP contribution in [0.4, 0.5) is 17.7 Å². The third-order valence-corrected chi connectivity index (χ3v) is 5.54. The number of anilines is 3. The van der Waals surface area contributed by atoms with E-state index in [2.05, 4.69) is 46.2 Å². The SMILES string of the molecule is CCN(CC)c1cc(C)nc(Nc2nc(C)c3ccc4c(c3n2)CCCC4)n1. The Hall–Kier alpha value is -2.76. The third kappa shape index (κ3) is 3.51. The van der Waals surface area contributed by atoms with E-state index in [9.17, 15) is 0 Å². The zero-order chi connectivity index (χ0) is 19.7. The van der Waals surface area contributed by atoms with E-state index in [0.717, 1.165) is 54.0 Å². The van der Waals surface area contributed by atoms with Crippen molar-refractivity contribution >= 4 is 28.6 Å². The number of benzene rings is 1. The Morgan fingerprint density at radius 1 is 0.929 bits per heavy atom. The van der Waals surface area contributed by atoms with Crippen LogP contribution in [0.15, 0.2) is 18.2 Å². The molecular weight excluding hydrogens is 348 g/mol. The molecular formula is C22H28N6. The van der Waals surface area contributed by atoms with E-state index in [0.29, 0.717) is 11.9 Å². The van der Waals surface area contributed by atoms with Gasteiger partial charge in [-0.25, -0.2) is 15.0 Å². The van der Waals surface area contributed by atoms with Crippen LogP contribution in [0.25, 0.3) is 10.9 Å². The number of rotatable bonds is 5. The van der Waals surface area contributed by atoms with Gasteiger partial charge in [-0.15, -0.1) is 0 Å². The molecule has 0 bridgehead atoms. The van der Waals surface area contributed by atoms with Crippen LogP contribution in [0.5, 0.6) is 0 Å². The van der Waals surface area contributed by atoms with Crippen molar-refractivity contribution in [3.05, 3.63) is 40.7 Å². The quantitative estimate of drug-likeness (QED) is 0.707. The highest BCUT2D eigenvalue weighted by Crippen LogP contribution is 2.30. The fourth-order valence-electron chi connectivity index (χ4n) is 4.05. The molecule has 4 rings (SSSR count). The number of aryl methyl sites for hydroxylation is 4. The van der Waals surface area contributed by atoms with E-state index in [4.69, 9.17) is 9.97 Å². The first-order valence-corrected chi connectivity index (χ1v) is 10.3. The minimum absolute atomic E-state index is 0.547.